The first-order valence-corrected chi connectivity index (χ1v) is 10.7. The van der Waals surface area contributed by atoms with Crippen LogP contribution in [0.5, 0.6) is 0 Å². The molecular formula is C20H24F2N2O3S. The summed E-state index contributed by atoms with van der Waals surface area (Å²) in [5.41, 5.74) is 0.677. The molecule has 0 aliphatic heterocycles. The van der Waals surface area contributed by atoms with E-state index in [2.05, 4.69) is 10.0 Å². The average Bonchev–Trinajstić information content (AvgIpc) is 3.10. The van der Waals surface area contributed by atoms with Crippen molar-refractivity contribution in [2.45, 2.75) is 36.2 Å². The maximum Gasteiger partial charge on any atom is 0.240 e. The molecule has 3 N–H and O–H groups in total. The lowest BCUT2D eigenvalue weighted by molar-refractivity contribution is 0.205. The van der Waals surface area contributed by atoms with Crippen LogP contribution in [0.4, 0.5) is 8.78 Å². The molecule has 1 aliphatic rings. The Labute approximate surface area is 163 Å². The highest BCUT2D eigenvalue weighted by Gasteiger charge is 2.32. The molecule has 1 aliphatic carbocycles. The van der Waals surface area contributed by atoms with Gasteiger partial charge in [-0.25, -0.2) is 21.9 Å². The first kappa shape index (κ1) is 20.9. The third-order valence-electron chi connectivity index (χ3n) is 5.34. The smallest absolute Gasteiger partial charge is 0.240 e. The quantitative estimate of drug-likeness (QED) is 0.656. The van der Waals surface area contributed by atoms with Gasteiger partial charge < -0.3 is 10.4 Å². The third-order valence-corrected chi connectivity index (χ3v) is 6.87. The lowest BCUT2D eigenvalue weighted by Gasteiger charge is -2.21. The van der Waals surface area contributed by atoms with Crippen molar-refractivity contribution in [1.29, 1.82) is 0 Å². The van der Waals surface area contributed by atoms with Crippen LogP contribution in [0.25, 0.3) is 11.1 Å². The van der Waals surface area contributed by atoms with Gasteiger partial charge in [0.05, 0.1) is 11.5 Å². The molecule has 3 atom stereocenters. The first-order chi connectivity index (χ1) is 13.3. The van der Waals surface area contributed by atoms with E-state index in [9.17, 15) is 22.3 Å². The van der Waals surface area contributed by atoms with Gasteiger partial charge in [0, 0.05) is 23.7 Å². The average molecular weight is 410 g/mol. The van der Waals surface area contributed by atoms with Gasteiger partial charge in [0.25, 0.3) is 0 Å². The maximum absolute atomic E-state index is 13.9. The number of benzene rings is 2. The van der Waals surface area contributed by atoms with Crippen molar-refractivity contribution in [3.63, 3.8) is 0 Å². The van der Waals surface area contributed by atoms with Gasteiger partial charge in [-0.1, -0.05) is 12.1 Å². The number of aliphatic hydroxyl groups is 1. The van der Waals surface area contributed by atoms with Gasteiger partial charge in [-0.05, 0) is 62.1 Å². The van der Waals surface area contributed by atoms with Gasteiger partial charge >= 0.3 is 0 Å². The van der Waals surface area contributed by atoms with E-state index >= 15 is 0 Å². The highest BCUT2D eigenvalue weighted by molar-refractivity contribution is 7.89. The van der Waals surface area contributed by atoms with E-state index in [4.69, 9.17) is 0 Å². The SMILES string of the molecule is CN[C@@H](CO)C1CCC(NS(=O)(=O)c2ccc(-c3ccc(F)cc3F)cc2)C1. The molecule has 0 heterocycles. The molecule has 1 saturated carbocycles. The molecular weight excluding hydrogens is 386 g/mol. The summed E-state index contributed by atoms with van der Waals surface area (Å²) in [6.07, 6.45) is 2.20. The fourth-order valence-corrected chi connectivity index (χ4v) is 5.07. The Bertz CT molecular complexity index is 916. The lowest BCUT2D eigenvalue weighted by atomic mass is 9.99. The van der Waals surface area contributed by atoms with Crippen molar-refractivity contribution in [3.8, 4) is 11.1 Å². The Balaban J connectivity index is 1.71. The zero-order valence-corrected chi connectivity index (χ0v) is 16.3. The van der Waals surface area contributed by atoms with E-state index in [1.54, 1.807) is 7.05 Å². The monoisotopic (exact) mass is 410 g/mol. The standard InChI is InChI=1S/C20H24F2N2O3S/c1-23-20(12-25)14-2-6-16(10-14)24-28(26,27)17-7-3-13(4-8-17)18-9-5-15(21)11-19(18)22/h3-5,7-9,11,14,16,20,23-25H,2,6,10,12H2,1H3/t14?,16?,20-/m0/s1. The summed E-state index contributed by atoms with van der Waals surface area (Å²) in [5.74, 6) is -1.15. The van der Waals surface area contributed by atoms with Crippen molar-refractivity contribution < 1.29 is 22.3 Å². The molecule has 0 amide bonds. The van der Waals surface area contributed by atoms with E-state index in [1.807, 2.05) is 0 Å². The number of hydrogen-bond donors (Lipinski definition) is 3. The Morgan fingerprint density at radius 2 is 1.86 bits per heavy atom. The van der Waals surface area contributed by atoms with Crippen LogP contribution in [0.2, 0.25) is 0 Å². The lowest BCUT2D eigenvalue weighted by Crippen LogP contribution is -2.38. The number of sulfonamides is 1. The van der Waals surface area contributed by atoms with Gasteiger partial charge in [-0.3, -0.25) is 0 Å². The minimum atomic E-state index is -3.71. The number of aliphatic hydroxyl groups excluding tert-OH is 1. The van der Waals surface area contributed by atoms with Crippen molar-refractivity contribution in [2.24, 2.45) is 5.92 Å². The summed E-state index contributed by atoms with van der Waals surface area (Å²) in [6.45, 7) is 0.0159. The second-order valence-corrected chi connectivity index (χ2v) is 8.83. The number of nitrogens with one attached hydrogen (secondary N) is 2. The van der Waals surface area contributed by atoms with E-state index in [-0.39, 0.29) is 35.1 Å². The highest BCUT2D eigenvalue weighted by Crippen LogP contribution is 2.30. The Hall–Kier alpha value is -1.87. The second-order valence-electron chi connectivity index (χ2n) is 7.12. The van der Waals surface area contributed by atoms with Crippen LogP contribution in [0.15, 0.2) is 47.4 Å². The van der Waals surface area contributed by atoms with Crippen LogP contribution in [-0.4, -0.2) is 39.3 Å². The molecule has 28 heavy (non-hydrogen) atoms. The van der Waals surface area contributed by atoms with Crippen molar-refractivity contribution >= 4 is 10.0 Å². The summed E-state index contributed by atoms with van der Waals surface area (Å²) >= 11 is 0. The zero-order chi connectivity index (χ0) is 20.3. The van der Waals surface area contributed by atoms with Crippen LogP contribution in [0.3, 0.4) is 0 Å². The molecule has 2 unspecified atom stereocenters. The third kappa shape index (κ3) is 4.57. The molecule has 152 valence electrons. The molecule has 3 rings (SSSR count). The molecule has 2 aromatic carbocycles. The summed E-state index contributed by atoms with van der Waals surface area (Å²) < 4.78 is 55.0. The first-order valence-electron chi connectivity index (χ1n) is 9.20. The number of rotatable bonds is 7. The van der Waals surface area contributed by atoms with E-state index in [1.165, 1.54) is 30.3 Å². The molecule has 0 aromatic heterocycles. The van der Waals surface area contributed by atoms with Crippen molar-refractivity contribution in [3.05, 3.63) is 54.1 Å². The zero-order valence-electron chi connectivity index (χ0n) is 15.5. The van der Waals surface area contributed by atoms with Crippen molar-refractivity contribution in [1.82, 2.24) is 10.0 Å². The Morgan fingerprint density at radius 1 is 1.14 bits per heavy atom. The molecule has 2 aromatic rings. The summed E-state index contributed by atoms with van der Waals surface area (Å²) in [6, 6.07) is 8.88. The minimum Gasteiger partial charge on any atom is -0.395 e. The van der Waals surface area contributed by atoms with Crippen LogP contribution < -0.4 is 10.0 Å². The van der Waals surface area contributed by atoms with Crippen LogP contribution >= 0.6 is 0 Å². The number of halogens is 2. The molecule has 5 nitrogen and oxygen atoms in total. The van der Waals surface area contributed by atoms with Gasteiger partial charge in [-0.2, -0.15) is 0 Å². The Kier molecular flexibility index (Phi) is 6.44. The van der Waals surface area contributed by atoms with Crippen LogP contribution in [0, 0.1) is 17.6 Å². The Morgan fingerprint density at radius 3 is 2.46 bits per heavy atom. The fraction of sp³-hybridized carbons (Fsp3) is 0.400. The molecule has 0 spiro atoms. The summed E-state index contributed by atoms with van der Waals surface area (Å²) in [7, 11) is -1.93. The second kappa shape index (κ2) is 8.65. The van der Waals surface area contributed by atoms with Crippen LogP contribution in [-0.2, 0) is 10.0 Å². The summed E-state index contributed by atoms with van der Waals surface area (Å²) in [5, 5.41) is 12.4. The van der Waals surface area contributed by atoms with E-state index < -0.39 is 21.7 Å². The minimum absolute atomic E-state index is 0.0159. The highest BCUT2D eigenvalue weighted by atomic mass is 32.2. The molecule has 0 bridgehead atoms. The number of likely N-dealkylation sites (N-methyl/N-ethyl adjacent to an activating group) is 1. The number of hydrogen-bond acceptors (Lipinski definition) is 4. The van der Waals surface area contributed by atoms with Gasteiger partial charge in [0.2, 0.25) is 10.0 Å². The van der Waals surface area contributed by atoms with Crippen LogP contribution in [0.1, 0.15) is 19.3 Å². The van der Waals surface area contributed by atoms with Gasteiger partial charge in [-0.15, -0.1) is 0 Å². The molecule has 1 fully saturated rings. The maximum atomic E-state index is 13.9. The predicted molar refractivity (Wildman–Crippen MR) is 103 cm³/mol. The van der Waals surface area contributed by atoms with Crippen molar-refractivity contribution in [2.75, 3.05) is 13.7 Å². The summed E-state index contributed by atoms with van der Waals surface area (Å²) in [4.78, 5) is 0.0922. The fourth-order valence-electron chi connectivity index (χ4n) is 3.79. The topological polar surface area (TPSA) is 78.4 Å². The van der Waals surface area contributed by atoms with E-state index in [0.717, 1.165) is 18.6 Å². The van der Waals surface area contributed by atoms with Gasteiger partial charge in [0.15, 0.2) is 0 Å². The van der Waals surface area contributed by atoms with Gasteiger partial charge in [0.1, 0.15) is 11.6 Å². The molecule has 8 heteroatoms. The van der Waals surface area contributed by atoms with E-state index in [0.29, 0.717) is 18.4 Å². The predicted octanol–water partition coefficient (Wildman–Crippen LogP) is 2.66. The largest absolute Gasteiger partial charge is 0.395 e. The molecule has 0 radical (unpaired) electrons. The molecule has 0 saturated heterocycles. The normalized spacial score (nSPS) is 21.0.